The van der Waals surface area contributed by atoms with E-state index in [0.29, 0.717) is 25.9 Å². The summed E-state index contributed by atoms with van der Waals surface area (Å²) < 4.78 is 25.8. The Kier molecular flexibility index (Phi) is 6.15. The topological polar surface area (TPSA) is 52.5 Å². The molecule has 1 rings (SSSR count). The van der Waals surface area contributed by atoms with Gasteiger partial charge in [-0.15, -0.1) is 0 Å². The van der Waals surface area contributed by atoms with Crippen LogP contribution in [0.5, 0.6) is 0 Å². The van der Waals surface area contributed by atoms with Crippen LogP contribution in [0.4, 0.5) is 8.78 Å². The van der Waals surface area contributed by atoms with Crippen molar-refractivity contribution in [2.24, 2.45) is 0 Å². The van der Waals surface area contributed by atoms with E-state index < -0.39 is 12.3 Å². The Labute approximate surface area is 99.8 Å². The highest BCUT2D eigenvalue weighted by atomic mass is 19.2. The summed E-state index contributed by atoms with van der Waals surface area (Å²) in [4.78, 5) is 0. The van der Waals surface area contributed by atoms with Crippen LogP contribution >= 0.6 is 0 Å². The maximum Gasteiger partial charge on any atom is 0.150 e. The number of hydrogen-bond donors (Lipinski definition) is 3. The van der Waals surface area contributed by atoms with Crippen LogP contribution in [0.3, 0.4) is 0 Å². The van der Waals surface area contributed by atoms with Crippen molar-refractivity contribution in [1.82, 2.24) is 5.32 Å². The largest absolute Gasteiger partial charge is 0.510 e. The maximum absolute atomic E-state index is 13.0. The molecule has 0 aromatic carbocycles. The van der Waals surface area contributed by atoms with Crippen LogP contribution in [0.2, 0.25) is 0 Å². The predicted octanol–water partition coefficient (Wildman–Crippen LogP) is 1.80. The molecule has 0 fully saturated rings. The summed E-state index contributed by atoms with van der Waals surface area (Å²) in [6.07, 6.45) is 1.47. The Balaban J connectivity index is 2.17. The van der Waals surface area contributed by atoms with Crippen molar-refractivity contribution in [3.05, 3.63) is 23.5 Å². The average molecular weight is 247 g/mol. The van der Waals surface area contributed by atoms with E-state index in [0.717, 1.165) is 5.57 Å². The van der Waals surface area contributed by atoms with Crippen molar-refractivity contribution in [3.8, 4) is 0 Å². The van der Waals surface area contributed by atoms with Crippen LogP contribution in [0.15, 0.2) is 23.5 Å². The van der Waals surface area contributed by atoms with Crippen molar-refractivity contribution in [2.45, 2.75) is 31.6 Å². The zero-order chi connectivity index (χ0) is 12.7. The summed E-state index contributed by atoms with van der Waals surface area (Å²) in [6.45, 7) is 0.810. The van der Waals surface area contributed by atoms with Crippen LogP contribution in [0, 0.1) is 0 Å². The number of rotatable bonds is 6. The molecule has 0 aliphatic heterocycles. The van der Waals surface area contributed by atoms with Gasteiger partial charge in [-0.3, -0.25) is 0 Å². The molecule has 0 radical (unpaired) electrons. The first-order chi connectivity index (χ1) is 8.13. The smallest absolute Gasteiger partial charge is 0.150 e. The Morgan fingerprint density at radius 1 is 1.53 bits per heavy atom. The van der Waals surface area contributed by atoms with Gasteiger partial charge in [0, 0.05) is 6.54 Å². The monoisotopic (exact) mass is 247 g/mol. The number of alkyl halides is 2. The third-order valence-corrected chi connectivity index (χ3v) is 2.70. The van der Waals surface area contributed by atoms with Gasteiger partial charge in [-0.2, -0.15) is 0 Å². The molecule has 2 atom stereocenters. The lowest BCUT2D eigenvalue weighted by molar-refractivity contribution is 0.184. The molecule has 17 heavy (non-hydrogen) atoms. The van der Waals surface area contributed by atoms with E-state index in [1.165, 1.54) is 12.2 Å². The molecule has 0 amide bonds. The lowest BCUT2D eigenvalue weighted by atomic mass is 9.97. The van der Waals surface area contributed by atoms with Crippen molar-refractivity contribution >= 4 is 0 Å². The molecule has 0 aromatic heterocycles. The first-order valence-corrected chi connectivity index (χ1v) is 5.80. The van der Waals surface area contributed by atoms with E-state index in [1.54, 1.807) is 0 Å². The van der Waals surface area contributed by atoms with Gasteiger partial charge >= 0.3 is 0 Å². The zero-order valence-corrected chi connectivity index (χ0v) is 9.70. The lowest BCUT2D eigenvalue weighted by Gasteiger charge is -2.19. The maximum atomic E-state index is 13.0. The van der Waals surface area contributed by atoms with E-state index in [9.17, 15) is 8.78 Å². The second-order valence-corrected chi connectivity index (χ2v) is 4.14. The standard InChI is InChI=1S/C12H19F2NO2/c13-11-4-3-9(6-12(11)14)7-15-5-1-2-10(17)8-16/h2,6,11-12,15-17H,1,3-5,7-8H2/b10-2-. The SMILES string of the molecule is OC/C(O)=C/CCNCC1=CC(F)C(F)CC1. The fraction of sp³-hybridized carbons (Fsp3) is 0.667. The molecule has 0 heterocycles. The first-order valence-electron chi connectivity index (χ1n) is 5.80. The highest BCUT2D eigenvalue weighted by Gasteiger charge is 2.23. The summed E-state index contributed by atoms with van der Waals surface area (Å²) in [6, 6.07) is 0. The van der Waals surface area contributed by atoms with Crippen LogP contribution < -0.4 is 5.32 Å². The molecule has 98 valence electrons. The van der Waals surface area contributed by atoms with Crippen LogP contribution in [0.25, 0.3) is 0 Å². The van der Waals surface area contributed by atoms with Gasteiger partial charge < -0.3 is 15.5 Å². The van der Waals surface area contributed by atoms with Crippen molar-refractivity contribution in [3.63, 3.8) is 0 Å². The molecular formula is C12H19F2NO2. The molecule has 5 heteroatoms. The fourth-order valence-electron chi connectivity index (χ4n) is 1.70. The van der Waals surface area contributed by atoms with Gasteiger partial charge in [-0.05, 0) is 38.0 Å². The summed E-state index contributed by atoms with van der Waals surface area (Å²) in [5, 5.41) is 20.5. The van der Waals surface area contributed by atoms with Crippen LogP contribution in [0.1, 0.15) is 19.3 Å². The summed E-state index contributed by atoms with van der Waals surface area (Å²) in [5.74, 6) is -0.0484. The van der Waals surface area contributed by atoms with E-state index in [-0.39, 0.29) is 18.8 Å². The van der Waals surface area contributed by atoms with Gasteiger partial charge in [0.2, 0.25) is 0 Å². The first kappa shape index (κ1) is 14.1. The molecular weight excluding hydrogens is 228 g/mol. The van der Waals surface area contributed by atoms with Crippen LogP contribution in [-0.2, 0) is 0 Å². The normalized spacial score (nSPS) is 25.8. The third kappa shape index (κ3) is 5.28. The highest BCUT2D eigenvalue weighted by molar-refractivity contribution is 5.13. The number of hydrogen-bond acceptors (Lipinski definition) is 3. The van der Waals surface area contributed by atoms with E-state index in [4.69, 9.17) is 10.2 Å². The minimum atomic E-state index is -1.47. The van der Waals surface area contributed by atoms with Gasteiger partial charge in [0.15, 0.2) is 0 Å². The Hall–Kier alpha value is -0.940. The third-order valence-electron chi connectivity index (χ3n) is 2.70. The van der Waals surface area contributed by atoms with Gasteiger partial charge in [-0.25, -0.2) is 8.78 Å². The second kappa shape index (κ2) is 7.40. The minimum absolute atomic E-state index is 0.0484. The van der Waals surface area contributed by atoms with Crippen molar-refractivity contribution in [1.29, 1.82) is 0 Å². The fourth-order valence-corrected chi connectivity index (χ4v) is 1.70. The van der Waals surface area contributed by atoms with Gasteiger partial charge in [0.1, 0.15) is 18.1 Å². The van der Waals surface area contributed by atoms with E-state index in [1.807, 2.05) is 0 Å². The number of halogens is 2. The van der Waals surface area contributed by atoms with Crippen molar-refractivity contribution in [2.75, 3.05) is 19.7 Å². The molecule has 3 N–H and O–H groups in total. The number of allylic oxidation sites excluding steroid dienone is 1. The molecule has 2 unspecified atom stereocenters. The molecule has 0 saturated heterocycles. The van der Waals surface area contributed by atoms with Gasteiger partial charge in [-0.1, -0.05) is 5.57 Å². The molecule has 0 saturated carbocycles. The second-order valence-electron chi connectivity index (χ2n) is 4.14. The number of aliphatic hydroxyl groups excluding tert-OH is 2. The molecule has 1 aliphatic carbocycles. The van der Waals surface area contributed by atoms with E-state index in [2.05, 4.69) is 5.32 Å². The molecule has 0 spiro atoms. The lowest BCUT2D eigenvalue weighted by Crippen LogP contribution is -2.25. The molecule has 3 nitrogen and oxygen atoms in total. The van der Waals surface area contributed by atoms with Gasteiger partial charge in [0.25, 0.3) is 0 Å². The summed E-state index contributed by atoms with van der Waals surface area (Å²) in [5.41, 5.74) is 0.891. The summed E-state index contributed by atoms with van der Waals surface area (Å²) in [7, 11) is 0. The summed E-state index contributed by atoms with van der Waals surface area (Å²) >= 11 is 0. The van der Waals surface area contributed by atoms with Crippen molar-refractivity contribution < 1.29 is 19.0 Å². The number of nitrogens with one attached hydrogen (secondary N) is 1. The minimum Gasteiger partial charge on any atom is -0.510 e. The average Bonchev–Trinajstić information content (AvgIpc) is 2.33. The van der Waals surface area contributed by atoms with Gasteiger partial charge in [0.05, 0.1) is 6.61 Å². The van der Waals surface area contributed by atoms with E-state index >= 15 is 0 Å². The highest BCUT2D eigenvalue weighted by Crippen LogP contribution is 2.22. The molecule has 0 aromatic rings. The predicted molar refractivity (Wildman–Crippen MR) is 62.4 cm³/mol. The van der Waals surface area contributed by atoms with Crippen LogP contribution in [-0.4, -0.2) is 42.3 Å². The zero-order valence-electron chi connectivity index (χ0n) is 9.70. The Morgan fingerprint density at radius 3 is 2.94 bits per heavy atom. The quantitative estimate of drug-likeness (QED) is 0.381. The Bertz CT molecular complexity index is 292. The molecule has 0 bridgehead atoms. The number of aliphatic hydroxyl groups is 2. The Morgan fingerprint density at radius 2 is 2.29 bits per heavy atom. The molecule has 1 aliphatic rings.